The van der Waals surface area contributed by atoms with Crippen LogP contribution in [-0.2, 0) is 9.59 Å². The molecule has 0 bridgehead atoms. The van der Waals surface area contributed by atoms with Gasteiger partial charge in [-0.25, -0.2) is 0 Å². The van der Waals surface area contributed by atoms with Gasteiger partial charge in [0.05, 0.1) is 17.3 Å². The number of hydrogen-bond donors (Lipinski definition) is 3. The summed E-state index contributed by atoms with van der Waals surface area (Å²) in [7, 11) is 0. The van der Waals surface area contributed by atoms with Crippen LogP contribution in [-0.4, -0.2) is 29.4 Å². The number of oxime groups is 1. The molecule has 19 heavy (non-hydrogen) atoms. The first-order chi connectivity index (χ1) is 9.04. The van der Waals surface area contributed by atoms with Crippen molar-refractivity contribution < 1.29 is 14.8 Å². The largest absolute Gasteiger partial charge is 0.409 e. The van der Waals surface area contributed by atoms with Crippen molar-refractivity contribution in [2.75, 3.05) is 16.8 Å². The third-order valence-electron chi connectivity index (χ3n) is 2.97. The van der Waals surface area contributed by atoms with Gasteiger partial charge < -0.3 is 21.2 Å². The number of rotatable bonds is 2. The molecular weight excluding hydrogens is 248 g/mol. The number of carbonyl (C=O) groups excluding carboxylic acids is 2. The van der Waals surface area contributed by atoms with Gasteiger partial charge in [0, 0.05) is 0 Å². The fourth-order valence-corrected chi connectivity index (χ4v) is 1.88. The van der Waals surface area contributed by atoms with E-state index in [1.54, 1.807) is 24.3 Å². The molecule has 2 rings (SSSR count). The zero-order chi connectivity index (χ0) is 14.0. The van der Waals surface area contributed by atoms with Crippen LogP contribution >= 0.6 is 0 Å². The Morgan fingerprint density at radius 3 is 2.89 bits per heavy atom. The highest BCUT2D eigenvalue weighted by Gasteiger charge is 2.31. The predicted molar refractivity (Wildman–Crippen MR) is 70.0 cm³/mol. The van der Waals surface area contributed by atoms with Gasteiger partial charge in [0.2, 0.25) is 11.8 Å². The molecule has 0 spiro atoms. The van der Waals surface area contributed by atoms with Crippen molar-refractivity contribution in [1.29, 1.82) is 0 Å². The van der Waals surface area contributed by atoms with Gasteiger partial charge in [-0.1, -0.05) is 17.3 Å². The molecule has 1 aromatic rings. The van der Waals surface area contributed by atoms with Crippen LogP contribution in [0.2, 0.25) is 0 Å². The fourth-order valence-electron chi connectivity index (χ4n) is 1.88. The van der Waals surface area contributed by atoms with Crippen molar-refractivity contribution in [2.24, 2.45) is 16.8 Å². The van der Waals surface area contributed by atoms with Crippen LogP contribution in [0.25, 0.3) is 0 Å². The Labute approximate surface area is 109 Å². The summed E-state index contributed by atoms with van der Waals surface area (Å²) in [5.41, 5.74) is 6.60. The number of hydrogen-bond acceptors (Lipinski definition) is 4. The van der Waals surface area contributed by atoms with E-state index in [0.29, 0.717) is 11.4 Å². The highest BCUT2D eigenvalue weighted by molar-refractivity contribution is 6.15. The smallest absolute Gasteiger partial charge is 0.244 e. The van der Waals surface area contributed by atoms with Crippen LogP contribution < -0.4 is 16.0 Å². The minimum atomic E-state index is -0.802. The summed E-state index contributed by atoms with van der Waals surface area (Å²) >= 11 is 0. The molecule has 1 aliphatic rings. The molecule has 1 aliphatic heterocycles. The maximum atomic E-state index is 12.3. The number of nitrogens with two attached hydrogens (primary N) is 1. The van der Waals surface area contributed by atoms with Gasteiger partial charge in [-0.3, -0.25) is 9.59 Å². The number of amides is 2. The number of fused-ring (bicyclic) bond motifs is 1. The average molecular weight is 262 g/mol. The van der Waals surface area contributed by atoms with Crippen molar-refractivity contribution in [1.82, 2.24) is 0 Å². The number of carbonyl (C=O) groups is 2. The third-order valence-corrected chi connectivity index (χ3v) is 2.97. The van der Waals surface area contributed by atoms with E-state index in [1.807, 2.05) is 0 Å². The summed E-state index contributed by atoms with van der Waals surface area (Å²) in [6, 6.07) is 6.97. The molecule has 1 heterocycles. The number of para-hydroxylation sites is 2. The molecule has 0 fully saturated rings. The minimum absolute atomic E-state index is 0.0844. The first-order valence-electron chi connectivity index (χ1n) is 5.72. The number of anilines is 2. The molecule has 0 saturated carbocycles. The molecule has 0 saturated heterocycles. The van der Waals surface area contributed by atoms with Crippen molar-refractivity contribution in [3.05, 3.63) is 24.3 Å². The van der Waals surface area contributed by atoms with Crippen molar-refractivity contribution in [3.8, 4) is 0 Å². The number of nitrogens with one attached hydrogen (secondary N) is 1. The van der Waals surface area contributed by atoms with Crippen molar-refractivity contribution in [2.45, 2.75) is 6.92 Å². The Balaban J connectivity index is 2.35. The monoisotopic (exact) mass is 262 g/mol. The van der Waals surface area contributed by atoms with Crippen LogP contribution in [0.3, 0.4) is 0 Å². The lowest BCUT2D eigenvalue weighted by Crippen LogP contribution is -2.47. The minimum Gasteiger partial charge on any atom is -0.409 e. The standard InChI is InChI=1S/C12H14N4O3/c1-7(11(13)15-19)12(18)16-6-10(17)14-8-4-2-3-5-9(8)16/h2-5,7,19H,6H2,1H3,(H2,13,15)(H,14,17). The Morgan fingerprint density at radius 1 is 1.53 bits per heavy atom. The molecule has 100 valence electrons. The number of nitrogens with zero attached hydrogens (tertiary/aromatic N) is 2. The quantitative estimate of drug-likeness (QED) is 0.309. The van der Waals surface area contributed by atoms with Crippen LogP contribution in [0.5, 0.6) is 0 Å². The molecule has 4 N–H and O–H groups in total. The van der Waals surface area contributed by atoms with Gasteiger partial charge >= 0.3 is 0 Å². The van der Waals surface area contributed by atoms with E-state index in [2.05, 4.69) is 10.5 Å². The molecule has 0 radical (unpaired) electrons. The van der Waals surface area contributed by atoms with Gasteiger partial charge in [-0.15, -0.1) is 0 Å². The topological polar surface area (TPSA) is 108 Å². The van der Waals surface area contributed by atoms with E-state index < -0.39 is 11.8 Å². The van der Waals surface area contributed by atoms with Crippen molar-refractivity contribution >= 4 is 29.0 Å². The van der Waals surface area contributed by atoms with E-state index in [0.717, 1.165) is 0 Å². The molecule has 7 heteroatoms. The predicted octanol–water partition coefficient (Wildman–Crippen LogP) is 0.354. The zero-order valence-corrected chi connectivity index (χ0v) is 10.3. The summed E-state index contributed by atoms with van der Waals surface area (Å²) in [6.07, 6.45) is 0. The molecule has 1 atom stereocenters. The number of benzene rings is 1. The van der Waals surface area contributed by atoms with Gasteiger partial charge in [0.25, 0.3) is 0 Å². The summed E-state index contributed by atoms with van der Waals surface area (Å²) in [5, 5.41) is 14.1. The average Bonchev–Trinajstić information content (AvgIpc) is 2.43. The van der Waals surface area contributed by atoms with Crippen LogP contribution in [0, 0.1) is 5.92 Å². The maximum absolute atomic E-state index is 12.3. The van der Waals surface area contributed by atoms with E-state index >= 15 is 0 Å². The first-order valence-corrected chi connectivity index (χ1v) is 5.72. The molecule has 0 aliphatic carbocycles. The summed E-state index contributed by atoms with van der Waals surface area (Å²) in [4.78, 5) is 25.2. The summed E-state index contributed by atoms with van der Waals surface area (Å²) in [6.45, 7) is 1.44. The van der Waals surface area contributed by atoms with Crippen LogP contribution in [0.1, 0.15) is 6.92 Å². The zero-order valence-electron chi connectivity index (χ0n) is 10.3. The van der Waals surface area contributed by atoms with E-state index in [-0.39, 0.29) is 18.3 Å². The molecule has 2 amide bonds. The van der Waals surface area contributed by atoms with Crippen LogP contribution in [0.4, 0.5) is 11.4 Å². The highest BCUT2D eigenvalue weighted by Crippen LogP contribution is 2.29. The first kappa shape index (κ1) is 12.9. The molecule has 7 nitrogen and oxygen atoms in total. The second-order valence-corrected chi connectivity index (χ2v) is 4.24. The summed E-state index contributed by atoms with van der Waals surface area (Å²) in [5.74, 6) is -1.66. The lowest BCUT2D eigenvalue weighted by atomic mass is 10.1. The van der Waals surface area contributed by atoms with E-state index in [4.69, 9.17) is 10.9 Å². The van der Waals surface area contributed by atoms with Gasteiger partial charge in [0.15, 0.2) is 5.84 Å². The second-order valence-electron chi connectivity index (χ2n) is 4.24. The molecule has 0 aromatic heterocycles. The van der Waals surface area contributed by atoms with E-state index in [9.17, 15) is 9.59 Å². The van der Waals surface area contributed by atoms with Crippen LogP contribution in [0.15, 0.2) is 29.4 Å². The highest BCUT2D eigenvalue weighted by atomic mass is 16.4. The summed E-state index contributed by atoms with van der Waals surface area (Å²) < 4.78 is 0. The van der Waals surface area contributed by atoms with Crippen molar-refractivity contribution in [3.63, 3.8) is 0 Å². The number of amidine groups is 1. The Kier molecular flexibility index (Phi) is 3.37. The third kappa shape index (κ3) is 2.35. The molecular formula is C12H14N4O3. The Bertz CT molecular complexity index is 556. The lowest BCUT2D eigenvalue weighted by Gasteiger charge is -2.30. The van der Waals surface area contributed by atoms with E-state index in [1.165, 1.54) is 11.8 Å². The maximum Gasteiger partial charge on any atom is 0.244 e. The molecule has 1 aromatic carbocycles. The fraction of sp³-hybridized carbons (Fsp3) is 0.250. The van der Waals surface area contributed by atoms with Gasteiger partial charge in [-0.05, 0) is 19.1 Å². The lowest BCUT2D eigenvalue weighted by molar-refractivity contribution is -0.123. The Hall–Kier alpha value is -2.57. The second kappa shape index (κ2) is 4.97. The Morgan fingerprint density at radius 2 is 2.21 bits per heavy atom. The molecule has 1 unspecified atom stereocenters. The van der Waals surface area contributed by atoms with Gasteiger partial charge in [0.1, 0.15) is 6.54 Å². The van der Waals surface area contributed by atoms with Gasteiger partial charge in [-0.2, -0.15) is 0 Å². The SMILES string of the molecule is CC(C(=O)N1CC(=O)Nc2ccccc21)C(N)=NO. The normalized spacial score (nSPS) is 16.6.